The smallest absolute Gasteiger partial charge is 0.261 e. The van der Waals surface area contributed by atoms with E-state index in [1.54, 1.807) is 36.4 Å². The number of carbonyl (C=O) groups is 2. The summed E-state index contributed by atoms with van der Waals surface area (Å²) >= 11 is 0. The number of hydrogen-bond donors (Lipinski definition) is 1. The summed E-state index contributed by atoms with van der Waals surface area (Å²) < 4.78 is 0. The van der Waals surface area contributed by atoms with Crippen molar-refractivity contribution in [2.24, 2.45) is 0 Å². The number of amides is 2. The molecule has 0 aromatic heterocycles. The van der Waals surface area contributed by atoms with Crippen LogP contribution in [-0.4, -0.2) is 11.8 Å². The second-order valence-electron chi connectivity index (χ2n) is 4.85. The zero-order chi connectivity index (χ0) is 14.8. The Morgan fingerprint density at radius 3 is 2.33 bits per heavy atom. The topological polar surface area (TPSA) is 63.4 Å². The van der Waals surface area contributed by atoms with Gasteiger partial charge in [-0.25, -0.2) is 4.90 Å². The maximum absolute atomic E-state index is 12.4. The standard InChI is InChI=1S/C17H14N2O2/c18-15-9-5-4-6-12(15)10-13-11-16(20)19(17(13)21)14-7-2-1-3-8-14/h1-10H,11,18H2/b13-10+. The quantitative estimate of drug-likeness (QED) is 0.522. The van der Waals surface area contributed by atoms with E-state index in [0.717, 1.165) is 5.56 Å². The number of nitrogens with zero attached hydrogens (tertiary/aromatic N) is 1. The average molecular weight is 278 g/mol. The van der Waals surface area contributed by atoms with Gasteiger partial charge in [0.05, 0.1) is 12.1 Å². The SMILES string of the molecule is Nc1ccccc1/C=C1\CC(=O)N(c2ccccc2)C1=O. The summed E-state index contributed by atoms with van der Waals surface area (Å²) in [6.45, 7) is 0. The van der Waals surface area contributed by atoms with Gasteiger partial charge in [0.1, 0.15) is 0 Å². The molecule has 1 fully saturated rings. The molecule has 2 N–H and O–H groups in total. The molecule has 1 saturated heterocycles. The highest BCUT2D eigenvalue weighted by atomic mass is 16.2. The summed E-state index contributed by atoms with van der Waals surface area (Å²) in [6.07, 6.45) is 1.79. The fourth-order valence-corrected chi connectivity index (χ4v) is 2.36. The summed E-state index contributed by atoms with van der Waals surface area (Å²) in [5.41, 5.74) is 8.26. The Hall–Kier alpha value is -2.88. The van der Waals surface area contributed by atoms with Gasteiger partial charge in [0, 0.05) is 11.3 Å². The lowest BCUT2D eigenvalue weighted by Gasteiger charge is -2.12. The third kappa shape index (κ3) is 2.43. The van der Waals surface area contributed by atoms with Gasteiger partial charge in [-0.1, -0.05) is 36.4 Å². The van der Waals surface area contributed by atoms with E-state index in [0.29, 0.717) is 16.9 Å². The molecule has 4 heteroatoms. The first-order valence-electron chi connectivity index (χ1n) is 6.64. The highest BCUT2D eigenvalue weighted by molar-refractivity contribution is 6.29. The summed E-state index contributed by atoms with van der Waals surface area (Å²) in [5.74, 6) is -0.499. The van der Waals surface area contributed by atoms with E-state index in [1.807, 2.05) is 24.3 Å². The second-order valence-corrected chi connectivity index (χ2v) is 4.85. The molecule has 1 heterocycles. The molecular formula is C17H14N2O2. The summed E-state index contributed by atoms with van der Waals surface area (Å²) in [5, 5.41) is 0. The van der Waals surface area contributed by atoms with Crippen molar-refractivity contribution in [2.75, 3.05) is 10.6 Å². The Kier molecular flexibility index (Phi) is 3.28. The molecule has 0 spiro atoms. The van der Waals surface area contributed by atoms with Crippen molar-refractivity contribution in [2.45, 2.75) is 6.42 Å². The van der Waals surface area contributed by atoms with E-state index in [-0.39, 0.29) is 18.2 Å². The van der Waals surface area contributed by atoms with Gasteiger partial charge in [0.2, 0.25) is 5.91 Å². The van der Waals surface area contributed by atoms with E-state index >= 15 is 0 Å². The predicted octanol–water partition coefficient (Wildman–Crippen LogP) is 2.62. The van der Waals surface area contributed by atoms with E-state index in [1.165, 1.54) is 4.90 Å². The van der Waals surface area contributed by atoms with Crippen LogP contribution in [0.15, 0.2) is 60.2 Å². The van der Waals surface area contributed by atoms with Crippen LogP contribution in [0.4, 0.5) is 11.4 Å². The molecule has 3 rings (SSSR count). The van der Waals surface area contributed by atoms with Crippen LogP contribution in [0.5, 0.6) is 0 Å². The van der Waals surface area contributed by atoms with Crippen molar-refractivity contribution in [3.05, 3.63) is 65.7 Å². The Morgan fingerprint density at radius 2 is 1.62 bits per heavy atom. The predicted molar refractivity (Wildman–Crippen MR) is 82.4 cm³/mol. The molecule has 2 aromatic rings. The fraction of sp³-hybridized carbons (Fsp3) is 0.0588. The van der Waals surface area contributed by atoms with Crippen LogP contribution in [-0.2, 0) is 9.59 Å². The Balaban J connectivity index is 1.96. The number of benzene rings is 2. The minimum atomic E-state index is -0.283. The molecule has 2 aromatic carbocycles. The molecule has 0 radical (unpaired) electrons. The lowest BCUT2D eigenvalue weighted by Crippen LogP contribution is -2.28. The molecule has 4 nitrogen and oxygen atoms in total. The van der Waals surface area contributed by atoms with Crippen LogP contribution in [0.25, 0.3) is 6.08 Å². The molecule has 21 heavy (non-hydrogen) atoms. The number of para-hydroxylation sites is 2. The maximum Gasteiger partial charge on any atom is 0.261 e. The first-order chi connectivity index (χ1) is 10.2. The van der Waals surface area contributed by atoms with Gasteiger partial charge in [-0.2, -0.15) is 0 Å². The molecule has 104 valence electrons. The van der Waals surface area contributed by atoms with E-state index in [2.05, 4.69) is 0 Å². The molecule has 0 atom stereocenters. The minimum Gasteiger partial charge on any atom is -0.398 e. The number of hydrogen-bond acceptors (Lipinski definition) is 3. The van der Waals surface area contributed by atoms with Gasteiger partial charge in [-0.3, -0.25) is 9.59 Å². The van der Waals surface area contributed by atoms with Crippen LogP contribution < -0.4 is 10.6 Å². The van der Waals surface area contributed by atoms with Crippen molar-refractivity contribution in [3.8, 4) is 0 Å². The zero-order valence-corrected chi connectivity index (χ0v) is 11.3. The molecule has 0 bridgehead atoms. The number of nitrogens with two attached hydrogens (primary N) is 1. The van der Waals surface area contributed by atoms with Crippen molar-refractivity contribution in [1.82, 2.24) is 0 Å². The molecule has 0 saturated carbocycles. The van der Waals surface area contributed by atoms with Gasteiger partial charge < -0.3 is 5.73 Å². The zero-order valence-electron chi connectivity index (χ0n) is 11.3. The highest BCUT2D eigenvalue weighted by Crippen LogP contribution is 2.28. The van der Waals surface area contributed by atoms with Crippen molar-refractivity contribution in [3.63, 3.8) is 0 Å². The van der Waals surface area contributed by atoms with Gasteiger partial charge in [-0.05, 0) is 29.8 Å². The van der Waals surface area contributed by atoms with Crippen molar-refractivity contribution < 1.29 is 9.59 Å². The van der Waals surface area contributed by atoms with Crippen LogP contribution in [0.2, 0.25) is 0 Å². The molecular weight excluding hydrogens is 264 g/mol. The average Bonchev–Trinajstić information content (AvgIpc) is 2.77. The second kappa shape index (κ2) is 5.25. The lowest BCUT2D eigenvalue weighted by atomic mass is 10.1. The number of anilines is 2. The van der Waals surface area contributed by atoms with Gasteiger partial charge in [-0.15, -0.1) is 0 Å². The van der Waals surface area contributed by atoms with Crippen LogP contribution in [0, 0.1) is 0 Å². The summed E-state index contributed by atoms with van der Waals surface area (Å²) in [6, 6.07) is 16.2. The van der Waals surface area contributed by atoms with Crippen LogP contribution >= 0.6 is 0 Å². The number of nitrogen functional groups attached to an aromatic ring is 1. The highest BCUT2D eigenvalue weighted by Gasteiger charge is 2.34. The van der Waals surface area contributed by atoms with E-state index in [4.69, 9.17) is 5.73 Å². The third-order valence-corrected chi connectivity index (χ3v) is 3.41. The Bertz CT molecular complexity index is 735. The summed E-state index contributed by atoms with van der Waals surface area (Å²) in [4.78, 5) is 25.7. The first kappa shape index (κ1) is 13.1. The van der Waals surface area contributed by atoms with Gasteiger partial charge in [0.25, 0.3) is 5.91 Å². The third-order valence-electron chi connectivity index (χ3n) is 3.41. The fourth-order valence-electron chi connectivity index (χ4n) is 2.36. The minimum absolute atomic E-state index is 0.0993. The van der Waals surface area contributed by atoms with Crippen molar-refractivity contribution in [1.29, 1.82) is 0 Å². The van der Waals surface area contributed by atoms with Gasteiger partial charge in [0.15, 0.2) is 0 Å². The molecule has 0 aliphatic carbocycles. The molecule has 1 aliphatic heterocycles. The first-order valence-corrected chi connectivity index (χ1v) is 6.64. The number of carbonyl (C=O) groups excluding carboxylic acids is 2. The largest absolute Gasteiger partial charge is 0.398 e. The monoisotopic (exact) mass is 278 g/mol. The molecule has 1 aliphatic rings. The maximum atomic E-state index is 12.4. The normalized spacial score (nSPS) is 16.8. The Morgan fingerprint density at radius 1 is 0.952 bits per heavy atom. The van der Waals surface area contributed by atoms with E-state index < -0.39 is 0 Å². The summed E-state index contributed by atoms with van der Waals surface area (Å²) in [7, 11) is 0. The molecule has 0 unspecified atom stereocenters. The van der Waals surface area contributed by atoms with Crippen LogP contribution in [0.3, 0.4) is 0 Å². The number of imide groups is 1. The van der Waals surface area contributed by atoms with Gasteiger partial charge >= 0.3 is 0 Å². The number of rotatable bonds is 2. The van der Waals surface area contributed by atoms with Crippen molar-refractivity contribution >= 4 is 29.3 Å². The van der Waals surface area contributed by atoms with Crippen LogP contribution in [0.1, 0.15) is 12.0 Å². The molecule has 2 amide bonds. The lowest BCUT2D eigenvalue weighted by molar-refractivity contribution is -0.120. The van der Waals surface area contributed by atoms with E-state index in [9.17, 15) is 9.59 Å². The Labute approximate surface area is 122 Å².